The van der Waals surface area contributed by atoms with Crippen molar-refractivity contribution in [2.45, 2.75) is 24.9 Å². The van der Waals surface area contributed by atoms with Crippen LogP contribution in [-0.4, -0.2) is 40.8 Å². The fourth-order valence-electron chi connectivity index (χ4n) is 1.80. The second-order valence-electron chi connectivity index (χ2n) is 4.42. The standard InChI is InChI=1S/C12H16N2O4/c1-18-8-7-14-6-2-3-9(14)10(15)13-12(4-5-12)11(16)17/h2-3,6H,4-5,7-8H2,1H3,(H,13,15)(H,16,17). The number of carboxylic acid groups (broad SMARTS) is 1. The fourth-order valence-corrected chi connectivity index (χ4v) is 1.80. The minimum absolute atomic E-state index is 0.351. The number of nitrogens with one attached hydrogen (secondary N) is 1. The van der Waals surface area contributed by atoms with E-state index in [2.05, 4.69) is 5.32 Å². The Morgan fingerprint density at radius 2 is 2.28 bits per heavy atom. The number of carbonyl (C=O) groups is 2. The van der Waals surface area contributed by atoms with Gasteiger partial charge in [0.05, 0.1) is 6.61 Å². The molecule has 1 aromatic heterocycles. The van der Waals surface area contributed by atoms with Crippen molar-refractivity contribution >= 4 is 11.9 Å². The quantitative estimate of drug-likeness (QED) is 0.771. The minimum atomic E-state index is -1.05. The maximum absolute atomic E-state index is 12.0. The highest BCUT2D eigenvalue weighted by Gasteiger charge is 2.51. The van der Waals surface area contributed by atoms with E-state index in [9.17, 15) is 9.59 Å². The molecule has 0 saturated heterocycles. The molecule has 0 aliphatic heterocycles. The Labute approximate surface area is 105 Å². The van der Waals surface area contributed by atoms with Gasteiger partial charge in [-0.1, -0.05) is 0 Å². The third-order valence-electron chi connectivity index (χ3n) is 3.11. The van der Waals surface area contributed by atoms with Crippen molar-refractivity contribution in [3.8, 4) is 0 Å². The molecule has 0 radical (unpaired) electrons. The van der Waals surface area contributed by atoms with Crippen LogP contribution in [0.15, 0.2) is 18.3 Å². The molecule has 0 spiro atoms. The molecule has 1 fully saturated rings. The first kappa shape index (κ1) is 12.6. The van der Waals surface area contributed by atoms with E-state index in [1.165, 1.54) is 0 Å². The van der Waals surface area contributed by atoms with Crippen LogP contribution in [0.3, 0.4) is 0 Å². The molecule has 1 amide bonds. The smallest absolute Gasteiger partial charge is 0.329 e. The predicted molar refractivity (Wildman–Crippen MR) is 63.4 cm³/mol. The van der Waals surface area contributed by atoms with Crippen molar-refractivity contribution in [1.29, 1.82) is 0 Å². The molecule has 98 valence electrons. The highest BCUT2D eigenvalue weighted by Crippen LogP contribution is 2.35. The Bertz CT molecular complexity index is 462. The number of amides is 1. The average Bonchev–Trinajstić information content (AvgIpc) is 2.96. The first-order chi connectivity index (χ1) is 8.59. The van der Waals surface area contributed by atoms with Crippen LogP contribution in [0.2, 0.25) is 0 Å². The van der Waals surface area contributed by atoms with Gasteiger partial charge in [0.25, 0.3) is 5.91 Å². The van der Waals surface area contributed by atoms with Gasteiger partial charge in [-0.25, -0.2) is 4.79 Å². The summed E-state index contributed by atoms with van der Waals surface area (Å²) >= 11 is 0. The summed E-state index contributed by atoms with van der Waals surface area (Å²) in [4.78, 5) is 23.0. The first-order valence-corrected chi connectivity index (χ1v) is 5.79. The molecular weight excluding hydrogens is 236 g/mol. The van der Waals surface area contributed by atoms with E-state index in [1.54, 1.807) is 30.0 Å². The maximum Gasteiger partial charge on any atom is 0.329 e. The average molecular weight is 252 g/mol. The monoisotopic (exact) mass is 252 g/mol. The molecule has 18 heavy (non-hydrogen) atoms. The molecule has 1 aromatic rings. The minimum Gasteiger partial charge on any atom is -0.480 e. The van der Waals surface area contributed by atoms with Gasteiger partial charge in [0.2, 0.25) is 0 Å². The molecule has 0 unspecified atom stereocenters. The van der Waals surface area contributed by atoms with Gasteiger partial charge >= 0.3 is 5.97 Å². The molecule has 1 heterocycles. The second-order valence-corrected chi connectivity index (χ2v) is 4.42. The summed E-state index contributed by atoms with van der Waals surface area (Å²) in [6, 6.07) is 3.42. The van der Waals surface area contributed by atoms with E-state index in [4.69, 9.17) is 9.84 Å². The van der Waals surface area contributed by atoms with Crippen molar-refractivity contribution in [1.82, 2.24) is 9.88 Å². The van der Waals surface area contributed by atoms with Crippen molar-refractivity contribution in [3.63, 3.8) is 0 Å². The van der Waals surface area contributed by atoms with Gasteiger partial charge in [-0.05, 0) is 25.0 Å². The lowest BCUT2D eigenvalue weighted by Gasteiger charge is -2.14. The molecule has 2 rings (SSSR count). The van der Waals surface area contributed by atoms with E-state index in [-0.39, 0.29) is 5.91 Å². The summed E-state index contributed by atoms with van der Waals surface area (Å²) in [5.74, 6) is -1.32. The lowest BCUT2D eigenvalue weighted by molar-refractivity contribution is -0.140. The number of aromatic nitrogens is 1. The molecular formula is C12H16N2O4. The number of rotatable bonds is 6. The number of hydrogen-bond donors (Lipinski definition) is 2. The fraction of sp³-hybridized carbons (Fsp3) is 0.500. The van der Waals surface area contributed by atoms with Crippen LogP contribution in [0.4, 0.5) is 0 Å². The SMILES string of the molecule is COCCn1cccc1C(=O)NC1(C(=O)O)CC1. The summed E-state index contributed by atoms with van der Waals surface area (Å²) < 4.78 is 6.70. The van der Waals surface area contributed by atoms with Crippen LogP contribution >= 0.6 is 0 Å². The summed E-state index contributed by atoms with van der Waals surface area (Å²) in [5.41, 5.74) is -0.590. The molecule has 6 heteroatoms. The number of carboxylic acids is 1. The van der Waals surface area contributed by atoms with Crippen LogP contribution in [0.25, 0.3) is 0 Å². The van der Waals surface area contributed by atoms with Gasteiger partial charge in [-0.3, -0.25) is 4.79 Å². The van der Waals surface area contributed by atoms with Gasteiger partial charge < -0.3 is 19.7 Å². The Kier molecular flexibility index (Phi) is 3.38. The zero-order valence-electron chi connectivity index (χ0n) is 10.2. The Morgan fingerprint density at radius 1 is 1.56 bits per heavy atom. The van der Waals surface area contributed by atoms with Crippen molar-refractivity contribution in [2.24, 2.45) is 0 Å². The van der Waals surface area contributed by atoms with Gasteiger partial charge in [-0.15, -0.1) is 0 Å². The third-order valence-corrected chi connectivity index (χ3v) is 3.11. The second kappa shape index (κ2) is 4.81. The number of methoxy groups -OCH3 is 1. The molecule has 1 saturated carbocycles. The van der Waals surface area contributed by atoms with Crippen LogP contribution < -0.4 is 5.32 Å². The predicted octanol–water partition coefficient (Wildman–Crippen LogP) is 0.481. The van der Waals surface area contributed by atoms with Gasteiger partial charge in [-0.2, -0.15) is 0 Å². The zero-order valence-corrected chi connectivity index (χ0v) is 10.2. The van der Waals surface area contributed by atoms with Gasteiger partial charge in [0.15, 0.2) is 0 Å². The van der Waals surface area contributed by atoms with Crippen LogP contribution in [0.1, 0.15) is 23.3 Å². The van der Waals surface area contributed by atoms with Gasteiger partial charge in [0, 0.05) is 19.9 Å². The van der Waals surface area contributed by atoms with Crippen LogP contribution in [0, 0.1) is 0 Å². The molecule has 1 aliphatic rings. The largest absolute Gasteiger partial charge is 0.480 e. The molecule has 0 aromatic carbocycles. The molecule has 1 aliphatic carbocycles. The summed E-state index contributed by atoms with van der Waals surface area (Å²) in [6.45, 7) is 1.06. The zero-order chi connectivity index (χ0) is 13.2. The topological polar surface area (TPSA) is 80.6 Å². The van der Waals surface area contributed by atoms with Crippen molar-refractivity contribution in [2.75, 3.05) is 13.7 Å². The van der Waals surface area contributed by atoms with E-state index in [0.717, 1.165) is 0 Å². The third kappa shape index (κ3) is 2.38. The highest BCUT2D eigenvalue weighted by atomic mass is 16.5. The van der Waals surface area contributed by atoms with Crippen molar-refractivity contribution < 1.29 is 19.4 Å². The Balaban J connectivity index is 2.05. The van der Waals surface area contributed by atoms with Crippen LogP contribution in [0.5, 0.6) is 0 Å². The van der Waals surface area contributed by atoms with E-state index >= 15 is 0 Å². The Hall–Kier alpha value is -1.82. The summed E-state index contributed by atoms with van der Waals surface area (Å²) in [5, 5.41) is 11.6. The van der Waals surface area contributed by atoms with Gasteiger partial charge in [0.1, 0.15) is 11.2 Å². The van der Waals surface area contributed by atoms with Crippen molar-refractivity contribution in [3.05, 3.63) is 24.0 Å². The maximum atomic E-state index is 12.0. The normalized spacial score (nSPS) is 16.3. The Morgan fingerprint density at radius 3 is 2.83 bits per heavy atom. The number of aliphatic carboxylic acids is 1. The first-order valence-electron chi connectivity index (χ1n) is 5.79. The lowest BCUT2D eigenvalue weighted by atomic mass is 10.2. The summed E-state index contributed by atoms with van der Waals surface area (Å²) in [7, 11) is 1.59. The molecule has 0 atom stereocenters. The summed E-state index contributed by atoms with van der Waals surface area (Å²) in [6.07, 6.45) is 2.76. The molecule has 0 bridgehead atoms. The van der Waals surface area contributed by atoms with E-state index in [0.29, 0.717) is 31.7 Å². The highest BCUT2D eigenvalue weighted by molar-refractivity contribution is 5.97. The number of hydrogen-bond acceptors (Lipinski definition) is 3. The number of ether oxygens (including phenoxy) is 1. The van der Waals surface area contributed by atoms with E-state index in [1.807, 2.05) is 0 Å². The molecule has 2 N–H and O–H groups in total. The van der Waals surface area contributed by atoms with E-state index < -0.39 is 11.5 Å². The number of carbonyl (C=O) groups excluding carboxylic acids is 1. The van der Waals surface area contributed by atoms with Crippen LogP contribution in [-0.2, 0) is 16.1 Å². The molecule has 6 nitrogen and oxygen atoms in total. The number of nitrogens with zero attached hydrogens (tertiary/aromatic N) is 1. The lowest BCUT2D eigenvalue weighted by Crippen LogP contribution is -2.43.